The van der Waals surface area contributed by atoms with Gasteiger partial charge in [-0.15, -0.1) is 0 Å². The largest absolute Gasteiger partial charge is 0.497 e. The van der Waals surface area contributed by atoms with E-state index in [1.165, 1.54) is 0 Å². The Balaban J connectivity index is 1.90. The smallest absolute Gasteiger partial charge is 0.237 e. The van der Waals surface area contributed by atoms with Crippen molar-refractivity contribution in [2.75, 3.05) is 33.3 Å². The summed E-state index contributed by atoms with van der Waals surface area (Å²) in [5, 5.41) is 6.39. The van der Waals surface area contributed by atoms with Crippen LogP contribution in [0.4, 0.5) is 0 Å². The molecule has 1 aromatic carbocycles. The number of methoxy groups -OCH3 is 1. The van der Waals surface area contributed by atoms with Gasteiger partial charge in [0.05, 0.1) is 19.2 Å². The highest BCUT2D eigenvalue weighted by Gasteiger charge is 2.23. The molecule has 0 saturated carbocycles. The number of hydrogen-bond donors (Lipinski definition) is 2. The molecule has 5 nitrogen and oxygen atoms in total. The average molecular weight is 291 g/mol. The number of piperazine rings is 1. The average Bonchev–Trinajstić information content (AvgIpc) is 2.55. The van der Waals surface area contributed by atoms with Crippen LogP contribution in [-0.2, 0) is 4.79 Å². The highest BCUT2D eigenvalue weighted by molar-refractivity contribution is 5.81. The second kappa shape index (κ2) is 7.43. The molecule has 0 aromatic heterocycles. The number of nitrogens with zero attached hydrogens (tertiary/aromatic N) is 1. The first-order chi connectivity index (χ1) is 10.1. The molecule has 0 radical (unpaired) electrons. The molecule has 1 aliphatic heterocycles. The van der Waals surface area contributed by atoms with Crippen molar-refractivity contribution in [3.05, 3.63) is 29.8 Å². The molecule has 116 valence electrons. The van der Waals surface area contributed by atoms with E-state index in [-0.39, 0.29) is 18.0 Å². The van der Waals surface area contributed by atoms with Crippen LogP contribution < -0.4 is 15.4 Å². The molecule has 0 spiro atoms. The van der Waals surface area contributed by atoms with E-state index in [9.17, 15) is 4.79 Å². The highest BCUT2D eigenvalue weighted by atomic mass is 16.5. The van der Waals surface area contributed by atoms with Gasteiger partial charge in [-0.2, -0.15) is 0 Å². The van der Waals surface area contributed by atoms with Gasteiger partial charge in [0.25, 0.3) is 0 Å². The molecule has 2 rings (SSSR count). The van der Waals surface area contributed by atoms with E-state index in [2.05, 4.69) is 15.5 Å². The number of carbonyl (C=O) groups is 1. The first-order valence-electron chi connectivity index (χ1n) is 7.51. The summed E-state index contributed by atoms with van der Waals surface area (Å²) in [5.41, 5.74) is 1.08. The van der Waals surface area contributed by atoms with Crippen LogP contribution in [0.15, 0.2) is 24.3 Å². The molecule has 0 bridgehead atoms. The van der Waals surface area contributed by atoms with Crippen LogP contribution in [0.5, 0.6) is 5.75 Å². The van der Waals surface area contributed by atoms with Gasteiger partial charge in [0.2, 0.25) is 5.91 Å². The molecular weight excluding hydrogens is 266 g/mol. The summed E-state index contributed by atoms with van der Waals surface area (Å²) >= 11 is 0. The minimum atomic E-state index is -0.0900. The number of rotatable bonds is 5. The number of benzene rings is 1. The molecular formula is C16H25N3O2. The highest BCUT2D eigenvalue weighted by Crippen LogP contribution is 2.17. The molecule has 1 aromatic rings. The lowest BCUT2D eigenvalue weighted by Gasteiger charge is -2.32. The third-order valence-electron chi connectivity index (χ3n) is 4.05. The molecule has 2 N–H and O–H groups in total. The maximum Gasteiger partial charge on any atom is 0.237 e. The summed E-state index contributed by atoms with van der Waals surface area (Å²) in [4.78, 5) is 14.6. The quantitative estimate of drug-likeness (QED) is 0.855. The summed E-state index contributed by atoms with van der Waals surface area (Å²) in [6, 6.07) is 7.70. The summed E-state index contributed by atoms with van der Waals surface area (Å²) in [7, 11) is 1.65. The van der Waals surface area contributed by atoms with Crippen molar-refractivity contribution in [3.8, 4) is 5.75 Å². The van der Waals surface area contributed by atoms with Crippen molar-refractivity contribution >= 4 is 5.91 Å². The second-order valence-corrected chi connectivity index (χ2v) is 5.47. The molecule has 5 heteroatoms. The third-order valence-corrected chi connectivity index (χ3v) is 4.05. The Morgan fingerprint density at radius 1 is 1.24 bits per heavy atom. The van der Waals surface area contributed by atoms with Crippen molar-refractivity contribution in [3.63, 3.8) is 0 Å². The van der Waals surface area contributed by atoms with Crippen molar-refractivity contribution in [2.45, 2.75) is 25.9 Å². The fourth-order valence-electron chi connectivity index (χ4n) is 2.55. The molecule has 21 heavy (non-hydrogen) atoms. The fraction of sp³-hybridized carbons (Fsp3) is 0.562. The molecule has 1 heterocycles. The monoisotopic (exact) mass is 291 g/mol. The minimum Gasteiger partial charge on any atom is -0.497 e. The van der Waals surface area contributed by atoms with E-state index in [0.717, 1.165) is 37.5 Å². The summed E-state index contributed by atoms with van der Waals surface area (Å²) < 4.78 is 5.15. The second-order valence-electron chi connectivity index (χ2n) is 5.47. The lowest BCUT2D eigenvalue weighted by molar-refractivity contribution is -0.126. The van der Waals surface area contributed by atoms with Crippen molar-refractivity contribution in [1.82, 2.24) is 15.5 Å². The van der Waals surface area contributed by atoms with Crippen molar-refractivity contribution in [1.29, 1.82) is 0 Å². The van der Waals surface area contributed by atoms with Crippen molar-refractivity contribution < 1.29 is 9.53 Å². The van der Waals surface area contributed by atoms with Gasteiger partial charge in [-0.1, -0.05) is 12.1 Å². The normalized spacial score (nSPS) is 18.8. The molecule has 1 aliphatic rings. The van der Waals surface area contributed by atoms with Crippen LogP contribution in [0, 0.1) is 0 Å². The van der Waals surface area contributed by atoms with Crippen LogP contribution in [-0.4, -0.2) is 50.1 Å². The van der Waals surface area contributed by atoms with Gasteiger partial charge in [-0.3, -0.25) is 9.69 Å². The number of nitrogens with one attached hydrogen (secondary N) is 2. The zero-order valence-electron chi connectivity index (χ0n) is 13.1. The van der Waals surface area contributed by atoms with Crippen LogP contribution in [0.25, 0.3) is 0 Å². The van der Waals surface area contributed by atoms with Gasteiger partial charge in [0.1, 0.15) is 5.75 Å². The number of hydrogen-bond acceptors (Lipinski definition) is 4. The van der Waals surface area contributed by atoms with Crippen LogP contribution in [0.3, 0.4) is 0 Å². The Hall–Kier alpha value is -1.59. The third kappa shape index (κ3) is 4.19. The van der Waals surface area contributed by atoms with Gasteiger partial charge in [-0.25, -0.2) is 0 Å². The van der Waals surface area contributed by atoms with E-state index in [4.69, 9.17) is 4.74 Å². The zero-order chi connectivity index (χ0) is 15.2. The van der Waals surface area contributed by atoms with E-state index in [1.807, 2.05) is 38.1 Å². The van der Waals surface area contributed by atoms with Gasteiger partial charge in [0, 0.05) is 26.2 Å². The number of carbonyl (C=O) groups excluding carboxylic acids is 1. The Bertz CT molecular complexity index is 455. The van der Waals surface area contributed by atoms with Gasteiger partial charge >= 0.3 is 0 Å². The Morgan fingerprint density at radius 3 is 2.43 bits per heavy atom. The first-order valence-corrected chi connectivity index (χ1v) is 7.51. The Kier molecular flexibility index (Phi) is 5.59. The molecule has 0 aliphatic carbocycles. The van der Waals surface area contributed by atoms with Crippen molar-refractivity contribution in [2.24, 2.45) is 0 Å². The number of ether oxygens (including phenoxy) is 1. The molecule has 2 atom stereocenters. The van der Waals surface area contributed by atoms with Crippen LogP contribution in [0.2, 0.25) is 0 Å². The molecule has 1 saturated heterocycles. The van der Waals surface area contributed by atoms with E-state index in [0.29, 0.717) is 0 Å². The summed E-state index contributed by atoms with van der Waals surface area (Å²) in [5.74, 6) is 0.909. The SMILES string of the molecule is COc1ccc(C(C)NC(=O)C(C)N2CCNCC2)cc1. The van der Waals surface area contributed by atoms with E-state index in [1.54, 1.807) is 7.11 Å². The lowest BCUT2D eigenvalue weighted by atomic mass is 10.1. The summed E-state index contributed by atoms with van der Waals surface area (Å²) in [6.45, 7) is 7.72. The van der Waals surface area contributed by atoms with Gasteiger partial charge < -0.3 is 15.4 Å². The maximum absolute atomic E-state index is 12.4. The Morgan fingerprint density at radius 2 is 1.86 bits per heavy atom. The molecule has 1 amide bonds. The predicted octanol–water partition coefficient (Wildman–Crippen LogP) is 1.17. The predicted molar refractivity (Wildman–Crippen MR) is 83.5 cm³/mol. The fourth-order valence-corrected chi connectivity index (χ4v) is 2.55. The molecule has 1 fully saturated rings. The zero-order valence-corrected chi connectivity index (χ0v) is 13.1. The van der Waals surface area contributed by atoms with Crippen LogP contribution in [0.1, 0.15) is 25.5 Å². The number of amides is 1. The first kappa shape index (κ1) is 15.8. The van der Waals surface area contributed by atoms with Gasteiger partial charge in [-0.05, 0) is 31.5 Å². The maximum atomic E-state index is 12.4. The van der Waals surface area contributed by atoms with E-state index >= 15 is 0 Å². The Labute approximate surface area is 126 Å². The standard InChI is InChI=1S/C16H25N3O2/c1-12(14-4-6-15(21-3)7-5-14)18-16(20)13(2)19-10-8-17-9-11-19/h4-7,12-13,17H,8-11H2,1-3H3,(H,18,20). The lowest BCUT2D eigenvalue weighted by Crippen LogP contribution is -2.52. The van der Waals surface area contributed by atoms with Gasteiger partial charge in [0.15, 0.2) is 0 Å². The topological polar surface area (TPSA) is 53.6 Å². The molecule has 2 unspecified atom stereocenters. The van der Waals surface area contributed by atoms with Crippen LogP contribution >= 0.6 is 0 Å². The minimum absolute atomic E-state index is 0.00577. The summed E-state index contributed by atoms with van der Waals surface area (Å²) in [6.07, 6.45) is 0. The van der Waals surface area contributed by atoms with E-state index < -0.39 is 0 Å².